The predicted octanol–water partition coefficient (Wildman–Crippen LogP) is 3.15. The number of thioether (sulfide) groups is 1. The Morgan fingerprint density at radius 1 is 1.42 bits per heavy atom. The molecule has 0 radical (unpaired) electrons. The standard InChI is InChI=1S/C15H21NO2S/c1-2-19-13-8-7-12(9-13)16-10-11-5-3-4-6-14(11)15(17)18/h3-6,12-13,16H,2,7-10H2,1H3,(H,17,18). The van der Waals surface area contributed by atoms with Gasteiger partial charge in [0.1, 0.15) is 0 Å². The summed E-state index contributed by atoms with van der Waals surface area (Å²) in [6, 6.07) is 7.77. The highest BCUT2D eigenvalue weighted by Gasteiger charge is 2.24. The average Bonchev–Trinajstić information content (AvgIpc) is 2.85. The van der Waals surface area contributed by atoms with Gasteiger partial charge in [-0.25, -0.2) is 4.79 Å². The molecule has 3 nitrogen and oxygen atoms in total. The molecule has 2 N–H and O–H groups in total. The Balaban J connectivity index is 1.88. The maximum Gasteiger partial charge on any atom is 0.336 e. The third-order valence-corrected chi connectivity index (χ3v) is 4.85. The maximum absolute atomic E-state index is 11.1. The molecule has 104 valence electrons. The van der Waals surface area contributed by atoms with Crippen molar-refractivity contribution in [1.29, 1.82) is 0 Å². The normalized spacial score (nSPS) is 22.6. The number of aromatic carboxylic acids is 1. The zero-order valence-corrected chi connectivity index (χ0v) is 12.1. The molecule has 1 aliphatic carbocycles. The summed E-state index contributed by atoms with van der Waals surface area (Å²) in [6.07, 6.45) is 3.68. The van der Waals surface area contributed by atoms with Crippen molar-refractivity contribution in [3.05, 3.63) is 35.4 Å². The Morgan fingerprint density at radius 3 is 2.95 bits per heavy atom. The Hall–Kier alpha value is -1.00. The molecule has 1 aromatic carbocycles. The van der Waals surface area contributed by atoms with Gasteiger partial charge in [0, 0.05) is 17.8 Å². The molecule has 4 heteroatoms. The third-order valence-electron chi connectivity index (χ3n) is 3.62. The lowest BCUT2D eigenvalue weighted by Crippen LogP contribution is -2.27. The van der Waals surface area contributed by atoms with Gasteiger partial charge >= 0.3 is 5.97 Å². The molecule has 1 aliphatic rings. The van der Waals surface area contributed by atoms with Crippen molar-refractivity contribution in [2.45, 2.75) is 44.0 Å². The van der Waals surface area contributed by atoms with E-state index in [2.05, 4.69) is 12.2 Å². The molecule has 2 atom stereocenters. The lowest BCUT2D eigenvalue weighted by atomic mass is 10.1. The Bertz CT molecular complexity index is 436. The lowest BCUT2D eigenvalue weighted by molar-refractivity contribution is 0.0695. The summed E-state index contributed by atoms with van der Waals surface area (Å²) < 4.78 is 0. The van der Waals surface area contributed by atoms with Crippen LogP contribution in [0.1, 0.15) is 42.1 Å². The monoisotopic (exact) mass is 279 g/mol. The molecule has 2 rings (SSSR count). The molecule has 0 bridgehead atoms. The summed E-state index contributed by atoms with van der Waals surface area (Å²) in [6.45, 7) is 2.85. The van der Waals surface area contributed by atoms with Crippen molar-refractivity contribution in [3.63, 3.8) is 0 Å². The SMILES string of the molecule is CCSC1CCC(NCc2ccccc2C(=O)O)C1. The number of benzene rings is 1. The van der Waals surface area contributed by atoms with Crippen LogP contribution in [-0.2, 0) is 6.54 Å². The Labute approximate surface area is 118 Å². The number of carboxylic acid groups (broad SMARTS) is 1. The molecular formula is C15H21NO2S. The van der Waals surface area contributed by atoms with E-state index in [1.54, 1.807) is 12.1 Å². The van der Waals surface area contributed by atoms with E-state index in [9.17, 15) is 4.79 Å². The minimum atomic E-state index is -0.844. The van der Waals surface area contributed by atoms with Crippen LogP contribution in [0.3, 0.4) is 0 Å². The maximum atomic E-state index is 11.1. The van der Waals surface area contributed by atoms with Crippen LogP contribution in [0.2, 0.25) is 0 Å². The van der Waals surface area contributed by atoms with Crippen LogP contribution < -0.4 is 5.32 Å². The van der Waals surface area contributed by atoms with E-state index in [0.717, 1.165) is 10.8 Å². The molecule has 0 aliphatic heterocycles. The molecule has 2 unspecified atom stereocenters. The van der Waals surface area contributed by atoms with Crippen molar-refractivity contribution in [2.24, 2.45) is 0 Å². The summed E-state index contributed by atoms with van der Waals surface area (Å²) in [4.78, 5) is 11.1. The van der Waals surface area contributed by atoms with Gasteiger partial charge < -0.3 is 10.4 Å². The van der Waals surface area contributed by atoms with E-state index >= 15 is 0 Å². The van der Waals surface area contributed by atoms with Crippen LogP contribution in [0.4, 0.5) is 0 Å². The van der Waals surface area contributed by atoms with E-state index in [1.165, 1.54) is 25.0 Å². The molecule has 19 heavy (non-hydrogen) atoms. The molecular weight excluding hydrogens is 258 g/mol. The van der Waals surface area contributed by atoms with Crippen molar-refractivity contribution < 1.29 is 9.90 Å². The van der Waals surface area contributed by atoms with E-state index in [1.807, 2.05) is 23.9 Å². The molecule has 1 aromatic rings. The summed E-state index contributed by atoms with van der Waals surface area (Å²) in [5.74, 6) is 0.336. The van der Waals surface area contributed by atoms with E-state index in [4.69, 9.17) is 5.11 Å². The van der Waals surface area contributed by atoms with Crippen molar-refractivity contribution >= 4 is 17.7 Å². The smallest absolute Gasteiger partial charge is 0.336 e. The van der Waals surface area contributed by atoms with E-state index in [-0.39, 0.29) is 0 Å². The van der Waals surface area contributed by atoms with Crippen molar-refractivity contribution in [2.75, 3.05) is 5.75 Å². The number of rotatable bonds is 6. The van der Waals surface area contributed by atoms with Gasteiger partial charge in [0.05, 0.1) is 5.56 Å². The van der Waals surface area contributed by atoms with Gasteiger partial charge in [-0.3, -0.25) is 0 Å². The second kappa shape index (κ2) is 6.96. The lowest BCUT2D eigenvalue weighted by Gasteiger charge is -2.14. The number of hydrogen-bond donors (Lipinski definition) is 2. The molecule has 1 fully saturated rings. The highest BCUT2D eigenvalue weighted by atomic mass is 32.2. The van der Waals surface area contributed by atoms with Crippen LogP contribution in [0, 0.1) is 0 Å². The van der Waals surface area contributed by atoms with Gasteiger partial charge in [0.2, 0.25) is 0 Å². The Morgan fingerprint density at radius 2 is 2.21 bits per heavy atom. The summed E-state index contributed by atoms with van der Waals surface area (Å²) in [5, 5.41) is 13.4. The van der Waals surface area contributed by atoms with Crippen LogP contribution in [0.5, 0.6) is 0 Å². The molecule has 0 aromatic heterocycles. The first kappa shape index (κ1) is 14.4. The third kappa shape index (κ3) is 3.98. The summed E-state index contributed by atoms with van der Waals surface area (Å²) >= 11 is 2.04. The highest BCUT2D eigenvalue weighted by molar-refractivity contribution is 7.99. The van der Waals surface area contributed by atoms with Gasteiger partial charge in [-0.15, -0.1) is 0 Å². The second-order valence-corrected chi connectivity index (χ2v) is 6.51. The summed E-state index contributed by atoms with van der Waals surface area (Å²) in [5.41, 5.74) is 1.29. The minimum Gasteiger partial charge on any atom is -0.478 e. The highest BCUT2D eigenvalue weighted by Crippen LogP contribution is 2.29. The van der Waals surface area contributed by atoms with Gasteiger partial charge in [-0.2, -0.15) is 11.8 Å². The molecule has 0 heterocycles. The first-order valence-electron chi connectivity index (χ1n) is 6.87. The fourth-order valence-corrected chi connectivity index (χ4v) is 3.79. The molecule has 0 saturated heterocycles. The topological polar surface area (TPSA) is 49.3 Å². The molecule has 1 saturated carbocycles. The molecule has 0 spiro atoms. The zero-order chi connectivity index (χ0) is 13.7. The predicted molar refractivity (Wildman–Crippen MR) is 79.8 cm³/mol. The first-order chi connectivity index (χ1) is 9.20. The second-order valence-electron chi connectivity index (χ2n) is 4.93. The Kier molecular flexibility index (Phi) is 5.28. The van der Waals surface area contributed by atoms with Crippen LogP contribution in [0.15, 0.2) is 24.3 Å². The number of hydrogen-bond acceptors (Lipinski definition) is 3. The van der Waals surface area contributed by atoms with Crippen molar-refractivity contribution in [1.82, 2.24) is 5.32 Å². The average molecular weight is 279 g/mol. The van der Waals surface area contributed by atoms with Gasteiger partial charge in [0.15, 0.2) is 0 Å². The van der Waals surface area contributed by atoms with Crippen LogP contribution >= 0.6 is 11.8 Å². The largest absolute Gasteiger partial charge is 0.478 e. The van der Waals surface area contributed by atoms with Crippen molar-refractivity contribution in [3.8, 4) is 0 Å². The first-order valence-corrected chi connectivity index (χ1v) is 7.91. The van der Waals surface area contributed by atoms with E-state index < -0.39 is 5.97 Å². The fraction of sp³-hybridized carbons (Fsp3) is 0.533. The van der Waals surface area contributed by atoms with Crippen LogP contribution in [-0.4, -0.2) is 28.1 Å². The van der Waals surface area contributed by atoms with Gasteiger partial charge in [-0.05, 0) is 36.6 Å². The molecule has 0 amide bonds. The number of carbonyl (C=O) groups is 1. The van der Waals surface area contributed by atoms with Gasteiger partial charge in [-0.1, -0.05) is 25.1 Å². The minimum absolute atomic E-state index is 0.410. The quantitative estimate of drug-likeness (QED) is 0.840. The van der Waals surface area contributed by atoms with Crippen LogP contribution in [0.25, 0.3) is 0 Å². The fourth-order valence-electron chi connectivity index (χ4n) is 2.65. The van der Waals surface area contributed by atoms with Gasteiger partial charge in [0.25, 0.3) is 0 Å². The number of carboxylic acids is 1. The summed E-state index contributed by atoms with van der Waals surface area (Å²) in [7, 11) is 0. The zero-order valence-electron chi connectivity index (χ0n) is 11.3. The number of nitrogens with one attached hydrogen (secondary N) is 1. The van der Waals surface area contributed by atoms with E-state index in [0.29, 0.717) is 18.2 Å².